The van der Waals surface area contributed by atoms with E-state index in [9.17, 15) is 14.9 Å². The molecule has 1 aromatic carbocycles. The van der Waals surface area contributed by atoms with Crippen LogP contribution in [0.3, 0.4) is 0 Å². The van der Waals surface area contributed by atoms with E-state index in [0.717, 1.165) is 11.1 Å². The predicted molar refractivity (Wildman–Crippen MR) is 79.4 cm³/mol. The largest absolute Gasteiger partial charge is 0.288 e. The number of allylic oxidation sites excluding steroid dienone is 1. The van der Waals surface area contributed by atoms with Gasteiger partial charge in [-0.05, 0) is 31.4 Å². The third kappa shape index (κ3) is 4.87. The van der Waals surface area contributed by atoms with Gasteiger partial charge >= 0.3 is 0 Å². The first kappa shape index (κ1) is 15.4. The second kappa shape index (κ2) is 7.09. The Bertz CT molecular complexity index is 524. The molecular weight excluding hydrogens is 262 g/mol. The van der Waals surface area contributed by atoms with Gasteiger partial charge in [0, 0.05) is 18.7 Å². The summed E-state index contributed by atoms with van der Waals surface area (Å²) in [7, 11) is 0. The van der Waals surface area contributed by atoms with E-state index in [1.165, 1.54) is 18.7 Å². The van der Waals surface area contributed by atoms with Gasteiger partial charge in [0.1, 0.15) is 0 Å². The topological polar surface area (TPSA) is 60.2 Å². The summed E-state index contributed by atoms with van der Waals surface area (Å²) in [6.45, 7) is 5.24. The van der Waals surface area contributed by atoms with Crippen LogP contribution in [0, 0.1) is 24.0 Å². The molecule has 0 heterocycles. The molecule has 19 heavy (non-hydrogen) atoms. The first-order chi connectivity index (χ1) is 8.91. The van der Waals surface area contributed by atoms with Gasteiger partial charge < -0.3 is 0 Å². The third-order valence-corrected chi connectivity index (χ3v) is 3.43. The monoisotopic (exact) mass is 279 g/mol. The molecular formula is C14H17NO3S. The molecule has 0 atom stereocenters. The van der Waals surface area contributed by atoms with E-state index < -0.39 is 0 Å². The second-order valence-corrected chi connectivity index (χ2v) is 5.57. The molecule has 0 fully saturated rings. The van der Waals surface area contributed by atoms with Gasteiger partial charge in [0.2, 0.25) is 0 Å². The van der Waals surface area contributed by atoms with Crippen LogP contribution >= 0.6 is 11.8 Å². The van der Waals surface area contributed by atoms with Gasteiger partial charge in [-0.3, -0.25) is 14.9 Å². The fourth-order valence-electron chi connectivity index (χ4n) is 1.80. The number of nitrogens with zero attached hydrogens (tertiary/aromatic N) is 1. The maximum atomic E-state index is 11.0. The third-order valence-electron chi connectivity index (χ3n) is 2.58. The summed E-state index contributed by atoms with van der Waals surface area (Å²) in [5.41, 5.74) is 2.55. The predicted octanol–water partition coefficient (Wildman–Crippen LogP) is 3.89. The number of carbonyl (C=O) groups is 1. The van der Waals surface area contributed by atoms with Gasteiger partial charge in [-0.1, -0.05) is 30.0 Å². The lowest BCUT2D eigenvalue weighted by Gasteiger charge is -2.04. The van der Waals surface area contributed by atoms with Crippen molar-refractivity contribution in [3.8, 4) is 0 Å². The van der Waals surface area contributed by atoms with E-state index >= 15 is 0 Å². The normalized spacial score (nSPS) is 10.9. The van der Waals surface area contributed by atoms with Crippen molar-refractivity contribution in [2.75, 3.05) is 5.75 Å². The van der Waals surface area contributed by atoms with Crippen molar-refractivity contribution in [3.05, 3.63) is 45.0 Å². The van der Waals surface area contributed by atoms with Crippen LogP contribution < -0.4 is 0 Å². The van der Waals surface area contributed by atoms with E-state index in [4.69, 9.17) is 0 Å². The summed E-state index contributed by atoms with van der Waals surface area (Å²) in [6, 6.07) is 3.51. The molecule has 0 bridgehead atoms. The quantitative estimate of drug-likeness (QED) is 0.466. The Kier molecular flexibility index (Phi) is 5.76. The molecule has 0 aromatic heterocycles. The van der Waals surface area contributed by atoms with E-state index in [-0.39, 0.29) is 15.7 Å². The van der Waals surface area contributed by atoms with Crippen LogP contribution in [0.5, 0.6) is 0 Å². The summed E-state index contributed by atoms with van der Waals surface area (Å²) in [5.74, 6) is 0.699. The standard InChI is InChI=1S/C14H17NO3S/c1-10-8-11(2)13(14(9-10)15(17)18)6-4-5-7-19-12(3)16/h4,6,8-9H,5,7H2,1-3H3. The number of benzene rings is 1. The van der Waals surface area contributed by atoms with Gasteiger partial charge in [0.25, 0.3) is 5.69 Å². The summed E-state index contributed by atoms with van der Waals surface area (Å²) in [6.07, 6.45) is 4.36. The van der Waals surface area contributed by atoms with Crippen LogP contribution in [0.4, 0.5) is 5.69 Å². The molecule has 0 saturated heterocycles. The molecule has 1 rings (SSSR count). The SMILES string of the molecule is CC(=O)SCCC=Cc1c(C)cc(C)cc1[N+](=O)[O-]. The molecule has 0 aliphatic rings. The Morgan fingerprint density at radius 2 is 2.11 bits per heavy atom. The Morgan fingerprint density at radius 3 is 2.68 bits per heavy atom. The Hall–Kier alpha value is -1.62. The van der Waals surface area contributed by atoms with Crippen LogP contribution in [0.1, 0.15) is 30.0 Å². The van der Waals surface area contributed by atoms with Crippen molar-refractivity contribution in [3.63, 3.8) is 0 Å². The zero-order valence-corrected chi connectivity index (χ0v) is 12.1. The molecule has 0 amide bonds. The van der Waals surface area contributed by atoms with Crippen LogP contribution in [0.25, 0.3) is 6.08 Å². The lowest BCUT2D eigenvalue weighted by molar-refractivity contribution is -0.385. The molecule has 102 valence electrons. The highest BCUT2D eigenvalue weighted by Gasteiger charge is 2.14. The molecule has 0 aliphatic carbocycles. The average molecular weight is 279 g/mol. The van der Waals surface area contributed by atoms with E-state index in [0.29, 0.717) is 17.7 Å². The molecule has 0 N–H and O–H groups in total. The fourth-order valence-corrected chi connectivity index (χ4v) is 2.34. The highest BCUT2D eigenvalue weighted by molar-refractivity contribution is 8.13. The molecule has 1 aromatic rings. The van der Waals surface area contributed by atoms with Crippen LogP contribution in [0.2, 0.25) is 0 Å². The Balaban J connectivity index is 2.85. The zero-order valence-electron chi connectivity index (χ0n) is 11.3. The van der Waals surface area contributed by atoms with Crippen LogP contribution in [0.15, 0.2) is 18.2 Å². The minimum atomic E-state index is -0.357. The maximum Gasteiger partial charge on any atom is 0.277 e. The summed E-state index contributed by atoms with van der Waals surface area (Å²) >= 11 is 1.26. The van der Waals surface area contributed by atoms with Gasteiger partial charge in [0.15, 0.2) is 5.12 Å². The van der Waals surface area contributed by atoms with Crippen molar-refractivity contribution in [2.24, 2.45) is 0 Å². The maximum absolute atomic E-state index is 11.0. The highest BCUT2D eigenvalue weighted by atomic mass is 32.2. The minimum absolute atomic E-state index is 0.0888. The van der Waals surface area contributed by atoms with Crippen LogP contribution in [-0.2, 0) is 4.79 Å². The molecule has 4 nitrogen and oxygen atoms in total. The molecule has 0 saturated carbocycles. The first-order valence-corrected chi connectivity index (χ1v) is 6.96. The Morgan fingerprint density at radius 1 is 1.42 bits per heavy atom. The summed E-state index contributed by atoms with van der Waals surface area (Å²) in [4.78, 5) is 21.4. The van der Waals surface area contributed by atoms with Crippen LogP contribution in [-0.4, -0.2) is 15.8 Å². The summed E-state index contributed by atoms with van der Waals surface area (Å²) in [5, 5.41) is 11.1. The van der Waals surface area contributed by atoms with E-state index in [2.05, 4.69) is 0 Å². The molecule has 0 spiro atoms. The van der Waals surface area contributed by atoms with Crippen molar-refractivity contribution in [2.45, 2.75) is 27.2 Å². The number of aryl methyl sites for hydroxylation is 2. The zero-order chi connectivity index (χ0) is 14.4. The smallest absolute Gasteiger partial charge is 0.277 e. The highest BCUT2D eigenvalue weighted by Crippen LogP contribution is 2.25. The lowest BCUT2D eigenvalue weighted by atomic mass is 10.0. The van der Waals surface area contributed by atoms with Gasteiger partial charge in [-0.2, -0.15) is 0 Å². The fraction of sp³-hybridized carbons (Fsp3) is 0.357. The number of nitro benzene ring substituents is 1. The molecule has 5 heteroatoms. The van der Waals surface area contributed by atoms with Crippen molar-refractivity contribution in [1.29, 1.82) is 0 Å². The number of hydrogen-bond donors (Lipinski definition) is 0. The summed E-state index contributed by atoms with van der Waals surface area (Å²) < 4.78 is 0. The van der Waals surface area contributed by atoms with Gasteiger partial charge in [-0.25, -0.2) is 0 Å². The number of thioether (sulfide) groups is 1. The average Bonchev–Trinajstić information content (AvgIpc) is 2.29. The van der Waals surface area contributed by atoms with E-state index in [1.807, 2.05) is 26.0 Å². The molecule has 0 aliphatic heterocycles. The molecule has 0 unspecified atom stereocenters. The van der Waals surface area contributed by atoms with E-state index in [1.54, 1.807) is 12.1 Å². The number of carbonyl (C=O) groups excluding carboxylic acids is 1. The van der Waals surface area contributed by atoms with Crippen molar-refractivity contribution in [1.82, 2.24) is 0 Å². The van der Waals surface area contributed by atoms with Crippen molar-refractivity contribution < 1.29 is 9.72 Å². The van der Waals surface area contributed by atoms with Crippen molar-refractivity contribution >= 4 is 28.6 Å². The minimum Gasteiger partial charge on any atom is -0.288 e. The second-order valence-electron chi connectivity index (χ2n) is 4.30. The van der Waals surface area contributed by atoms with Gasteiger partial charge in [-0.15, -0.1) is 0 Å². The first-order valence-electron chi connectivity index (χ1n) is 5.97. The molecule has 0 radical (unpaired) electrons. The Labute approximate surface area is 117 Å². The number of nitro groups is 1. The lowest BCUT2D eigenvalue weighted by Crippen LogP contribution is -1.95. The number of hydrogen-bond acceptors (Lipinski definition) is 4. The number of rotatable bonds is 5. The van der Waals surface area contributed by atoms with Gasteiger partial charge in [0.05, 0.1) is 10.5 Å².